The first-order chi connectivity index (χ1) is 7.42. The Labute approximate surface area is 95.2 Å². The van der Waals surface area contributed by atoms with E-state index in [0.29, 0.717) is 0 Å². The first-order valence-corrected chi connectivity index (χ1v) is 5.58. The van der Waals surface area contributed by atoms with E-state index in [4.69, 9.17) is 9.84 Å². The molecule has 2 N–H and O–H groups in total. The lowest BCUT2D eigenvalue weighted by molar-refractivity contribution is -0.147. The Morgan fingerprint density at radius 3 is 2.44 bits per heavy atom. The summed E-state index contributed by atoms with van der Waals surface area (Å²) in [4.78, 5) is 22.2. The molecule has 16 heavy (non-hydrogen) atoms. The van der Waals surface area contributed by atoms with Crippen LogP contribution in [0.5, 0.6) is 0 Å². The third-order valence-corrected chi connectivity index (χ3v) is 2.74. The number of nitrogens with one attached hydrogen (secondary N) is 1. The fourth-order valence-corrected chi connectivity index (χ4v) is 1.69. The SMILES string of the molecule is CC(C)(NC(=O)COC1CCCC1)C(=O)O. The highest BCUT2D eigenvalue weighted by molar-refractivity contribution is 5.86. The zero-order chi connectivity index (χ0) is 12.2. The molecule has 0 aromatic carbocycles. The Morgan fingerprint density at radius 1 is 1.38 bits per heavy atom. The number of carboxylic acid groups (broad SMARTS) is 1. The van der Waals surface area contributed by atoms with Crippen molar-refractivity contribution in [1.29, 1.82) is 0 Å². The molecule has 1 rings (SSSR count). The van der Waals surface area contributed by atoms with Gasteiger partial charge in [0.05, 0.1) is 6.10 Å². The van der Waals surface area contributed by atoms with E-state index >= 15 is 0 Å². The van der Waals surface area contributed by atoms with Crippen molar-refractivity contribution in [1.82, 2.24) is 5.32 Å². The molecule has 5 nitrogen and oxygen atoms in total. The lowest BCUT2D eigenvalue weighted by Crippen LogP contribution is -2.51. The van der Waals surface area contributed by atoms with Crippen LogP contribution in [-0.2, 0) is 14.3 Å². The molecule has 1 saturated carbocycles. The van der Waals surface area contributed by atoms with E-state index in [1.54, 1.807) is 0 Å². The zero-order valence-corrected chi connectivity index (χ0v) is 9.78. The predicted octanol–water partition coefficient (Wildman–Crippen LogP) is 0.925. The number of ether oxygens (including phenoxy) is 1. The molecule has 0 saturated heterocycles. The second-order valence-corrected chi connectivity index (χ2v) is 4.70. The molecule has 1 aliphatic carbocycles. The van der Waals surface area contributed by atoms with Crippen LogP contribution in [0.4, 0.5) is 0 Å². The number of carbonyl (C=O) groups excluding carboxylic acids is 1. The molecule has 0 atom stereocenters. The Morgan fingerprint density at radius 2 is 1.94 bits per heavy atom. The Bertz CT molecular complexity index is 269. The molecule has 5 heteroatoms. The van der Waals surface area contributed by atoms with Crippen molar-refractivity contribution in [2.75, 3.05) is 6.61 Å². The van der Waals surface area contributed by atoms with Crippen molar-refractivity contribution in [3.63, 3.8) is 0 Å². The molecule has 1 fully saturated rings. The molecule has 0 aromatic rings. The molecule has 0 spiro atoms. The average molecular weight is 229 g/mol. The van der Waals surface area contributed by atoms with E-state index in [9.17, 15) is 9.59 Å². The minimum atomic E-state index is -1.24. The summed E-state index contributed by atoms with van der Waals surface area (Å²) in [5, 5.41) is 11.2. The van der Waals surface area contributed by atoms with E-state index in [0.717, 1.165) is 25.7 Å². The molecule has 0 bridgehead atoms. The molecule has 0 aliphatic heterocycles. The quantitative estimate of drug-likeness (QED) is 0.735. The van der Waals surface area contributed by atoms with E-state index in [1.165, 1.54) is 13.8 Å². The predicted molar refractivity (Wildman–Crippen MR) is 58.1 cm³/mol. The first kappa shape index (κ1) is 13.0. The number of rotatable bonds is 5. The maximum absolute atomic E-state index is 11.4. The van der Waals surface area contributed by atoms with Crippen LogP contribution < -0.4 is 5.32 Å². The summed E-state index contributed by atoms with van der Waals surface area (Å²) in [6.45, 7) is 2.84. The van der Waals surface area contributed by atoms with E-state index in [-0.39, 0.29) is 18.6 Å². The molecule has 0 aromatic heterocycles. The summed E-state index contributed by atoms with van der Waals surface area (Å²) >= 11 is 0. The highest BCUT2D eigenvalue weighted by atomic mass is 16.5. The normalized spacial score (nSPS) is 17.4. The topological polar surface area (TPSA) is 75.6 Å². The highest BCUT2D eigenvalue weighted by Gasteiger charge is 2.29. The van der Waals surface area contributed by atoms with Gasteiger partial charge in [-0.3, -0.25) is 4.79 Å². The lowest BCUT2D eigenvalue weighted by Gasteiger charge is -2.21. The third-order valence-electron chi connectivity index (χ3n) is 2.74. The first-order valence-electron chi connectivity index (χ1n) is 5.58. The minimum absolute atomic E-state index is 0.0542. The Kier molecular flexibility index (Phi) is 4.29. The molecule has 0 unspecified atom stereocenters. The Hall–Kier alpha value is -1.10. The maximum Gasteiger partial charge on any atom is 0.328 e. The van der Waals surface area contributed by atoms with Crippen molar-refractivity contribution in [3.8, 4) is 0 Å². The van der Waals surface area contributed by atoms with Crippen molar-refractivity contribution >= 4 is 11.9 Å². The monoisotopic (exact) mass is 229 g/mol. The van der Waals surface area contributed by atoms with Gasteiger partial charge in [-0.05, 0) is 26.7 Å². The van der Waals surface area contributed by atoms with Crippen LogP contribution in [0.2, 0.25) is 0 Å². The van der Waals surface area contributed by atoms with E-state index in [1.807, 2.05) is 0 Å². The van der Waals surface area contributed by atoms with Gasteiger partial charge in [0.15, 0.2) is 0 Å². The summed E-state index contributed by atoms with van der Waals surface area (Å²) in [6, 6.07) is 0. The summed E-state index contributed by atoms with van der Waals surface area (Å²) in [7, 11) is 0. The molecule has 0 radical (unpaired) electrons. The Balaban J connectivity index is 2.27. The second-order valence-electron chi connectivity index (χ2n) is 4.70. The van der Waals surface area contributed by atoms with Gasteiger partial charge in [-0.15, -0.1) is 0 Å². The number of hydrogen-bond donors (Lipinski definition) is 2. The van der Waals surface area contributed by atoms with Crippen LogP contribution in [-0.4, -0.2) is 35.2 Å². The van der Waals surface area contributed by atoms with Crippen molar-refractivity contribution < 1.29 is 19.4 Å². The van der Waals surface area contributed by atoms with E-state index in [2.05, 4.69) is 5.32 Å². The van der Waals surface area contributed by atoms with E-state index < -0.39 is 11.5 Å². The van der Waals surface area contributed by atoms with Gasteiger partial charge in [0.25, 0.3) is 0 Å². The standard InChI is InChI=1S/C11H19NO4/c1-11(2,10(14)15)12-9(13)7-16-8-5-3-4-6-8/h8H,3-7H2,1-2H3,(H,12,13)(H,14,15). The van der Waals surface area contributed by atoms with Crippen molar-refractivity contribution in [2.45, 2.75) is 51.2 Å². The molecule has 1 amide bonds. The van der Waals surface area contributed by atoms with Gasteiger partial charge in [-0.2, -0.15) is 0 Å². The molecule has 1 aliphatic rings. The summed E-state index contributed by atoms with van der Waals surface area (Å²) in [5.74, 6) is -1.43. The largest absolute Gasteiger partial charge is 0.480 e. The van der Waals surface area contributed by atoms with Gasteiger partial charge in [0, 0.05) is 0 Å². The van der Waals surface area contributed by atoms with Crippen LogP contribution in [0.25, 0.3) is 0 Å². The fourth-order valence-electron chi connectivity index (χ4n) is 1.69. The minimum Gasteiger partial charge on any atom is -0.480 e. The van der Waals surface area contributed by atoms with Gasteiger partial charge in [-0.25, -0.2) is 4.79 Å². The number of carboxylic acids is 1. The zero-order valence-electron chi connectivity index (χ0n) is 9.78. The summed E-state index contributed by atoms with van der Waals surface area (Å²) in [6.07, 6.45) is 4.45. The van der Waals surface area contributed by atoms with Gasteiger partial charge < -0.3 is 15.2 Å². The van der Waals surface area contributed by atoms with Crippen LogP contribution in [0.1, 0.15) is 39.5 Å². The molecule has 92 valence electrons. The third kappa shape index (κ3) is 3.81. The second kappa shape index (κ2) is 5.30. The summed E-state index contributed by atoms with van der Waals surface area (Å²) in [5.41, 5.74) is -1.24. The molecular formula is C11H19NO4. The summed E-state index contributed by atoms with van der Waals surface area (Å²) < 4.78 is 5.39. The smallest absolute Gasteiger partial charge is 0.328 e. The number of aliphatic carboxylic acids is 1. The van der Waals surface area contributed by atoms with Gasteiger partial charge in [0.2, 0.25) is 5.91 Å². The van der Waals surface area contributed by atoms with Crippen LogP contribution in [0, 0.1) is 0 Å². The van der Waals surface area contributed by atoms with Gasteiger partial charge in [-0.1, -0.05) is 12.8 Å². The van der Waals surface area contributed by atoms with Crippen molar-refractivity contribution in [3.05, 3.63) is 0 Å². The van der Waals surface area contributed by atoms with Crippen molar-refractivity contribution in [2.24, 2.45) is 0 Å². The fraction of sp³-hybridized carbons (Fsp3) is 0.818. The van der Waals surface area contributed by atoms with Gasteiger partial charge in [0.1, 0.15) is 12.1 Å². The van der Waals surface area contributed by atoms with Crippen LogP contribution >= 0.6 is 0 Å². The lowest BCUT2D eigenvalue weighted by atomic mass is 10.1. The maximum atomic E-state index is 11.4. The van der Waals surface area contributed by atoms with Crippen LogP contribution in [0.15, 0.2) is 0 Å². The molecule has 0 heterocycles. The highest BCUT2D eigenvalue weighted by Crippen LogP contribution is 2.20. The number of carbonyl (C=O) groups is 2. The molecular weight excluding hydrogens is 210 g/mol. The van der Waals surface area contributed by atoms with Crippen LogP contribution in [0.3, 0.4) is 0 Å². The van der Waals surface area contributed by atoms with Gasteiger partial charge >= 0.3 is 5.97 Å². The number of hydrogen-bond acceptors (Lipinski definition) is 3. The number of amides is 1. The average Bonchev–Trinajstić information content (AvgIpc) is 2.66.